The van der Waals surface area contributed by atoms with E-state index in [1.807, 2.05) is 0 Å². The number of nitro groups is 1. The Balaban J connectivity index is 2.03. The van der Waals surface area contributed by atoms with Crippen molar-refractivity contribution >= 4 is 33.2 Å². The number of nitro benzene ring substituents is 1. The van der Waals surface area contributed by atoms with Crippen LogP contribution in [-0.4, -0.2) is 37.4 Å². The zero-order valence-corrected chi connectivity index (χ0v) is 17.0. The molecule has 148 valence electrons. The van der Waals surface area contributed by atoms with Crippen LogP contribution in [0, 0.1) is 10.1 Å². The first-order valence-electron chi connectivity index (χ1n) is 7.98. The van der Waals surface area contributed by atoms with Gasteiger partial charge in [-0.15, -0.1) is 0 Å². The van der Waals surface area contributed by atoms with E-state index >= 15 is 0 Å². The number of rotatable bonds is 8. The molecule has 0 aliphatic rings. The summed E-state index contributed by atoms with van der Waals surface area (Å²) in [6.07, 6.45) is 0. The molecule has 0 saturated carbocycles. The molecule has 0 atom stereocenters. The van der Waals surface area contributed by atoms with Gasteiger partial charge >= 0.3 is 5.69 Å². The van der Waals surface area contributed by atoms with Crippen LogP contribution in [-0.2, 0) is 4.79 Å². The lowest BCUT2D eigenvalue weighted by atomic mass is 10.1. The normalized spacial score (nSPS) is 10.9. The van der Waals surface area contributed by atoms with Gasteiger partial charge in [-0.05, 0) is 31.2 Å². The monoisotopic (exact) mass is 451 g/mol. The molecule has 0 spiro atoms. The molecule has 0 saturated heterocycles. The van der Waals surface area contributed by atoms with Crippen molar-refractivity contribution in [1.82, 2.24) is 5.43 Å². The van der Waals surface area contributed by atoms with Gasteiger partial charge in [0.1, 0.15) is 11.5 Å². The van der Waals surface area contributed by atoms with Crippen LogP contribution in [0.2, 0.25) is 0 Å². The Morgan fingerprint density at radius 2 is 1.93 bits per heavy atom. The minimum atomic E-state index is -0.587. The standard InChI is InChI=1S/C18H18BrN3O6/c1-11(14-6-5-13(26-2)9-17(14)27-3)20-21-18(23)10-28-16-7-4-12(19)8-15(16)22(24)25/h4-9H,10H2,1-3H3,(H,21,23). The van der Waals surface area contributed by atoms with Crippen molar-refractivity contribution in [1.29, 1.82) is 0 Å². The Morgan fingerprint density at radius 3 is 2.57 bits per heavy atom. The maximum absolute atomic E-state index is 12.0. The van der Waals surface area contributed by atoms with Gasteiger partial charge in [0.2, 0.25) is 0 Å². The van der Waals surface area contributed by atoms with Crippen LogP contribution in [0.25, 0.3) is 0 Å². The molecule has 1 amide bonds. The second-order valence-corrected chi connectivity index (χ2v) is 6.37. The number of carbonyl (C=O) groups is 1. The number of hydrogen-bond acceptors (Lipinski definition) is 7. The number of hydrazone groups is 1. The van der Waals surface area contributed by atoms with Crippen molar-refractivity contribution in [3.8, 4) is 17.2 Å². The first-order valence-corrected chi connectivity index (χ1v) is 8.77. The van der Waals surface area contributed by atoms with Gasteiger partial charge in [-0.3, -0.25) is 14.9 Å². The highest BCUT2D eigenvalue weighted by atomic mass is 79.9. The van der Waals surface area contributed by atoms with E-state index in [2.05, 4.69) is 26.5 Å². The summed E-state index contributed by atoms with van der Waals surface area (Å²) in [5.74, 6) is 0.587. The third-order valence-corrected chi connectivity index (χ3v) is 4.12. The van der Waals surface area contributed by atoms with Crippen molar-refractivity contribution < 1.29 is 23.9 Å². The second-order valence-electron chi connectivity index (χ2n) is 5.46. The molecule has 0 aliphatic carbocycles. The van der Waals surface area contributed by atoms with Gasteiger partial charge < -0.3 is 14.2 Å². The number of nitrogens with one attached hydrogen (secondary N) is 1. The average molecular weight is 452 g/mol. The van der Waals surface area contributed by atoms with E-state index in [-0.39, 0.29) is 11.4 Å². The van der Waals surface area contributed by atoms with E-state index < -0.39 is 17.4 Å². The predicted molar refractivity (Wildman–Crippen MR) is 106 cm³/mol. The Labute approximate surface area is 169 Å². The third-order valence-electron chi connectivity index (χ3n) is 3.62. The minimum Gasteiger partial charge on any atom is -0.497 e. The zero-order chi connectivity index (χ0) is 20.7. The highest BCUT2D eigenvalue weighted by molar-refractivity contribution is 9.10. The van der Waals surface area contributed by atoms with Crippen LogP contribution in [0.3, 0.4) is 0 Å². The molecule has 9 nitrogen and oxygen atoms in total. The Hall–Kier alpha value is -3.14. The first-order chi connectivity index (χ1) is 13.3. The fourth-order valence-corrected chi connectivity index (χ4v) is 2.58. The van der Waals surface area contributed by atoms with Gasteiger partial charge in [-0.2, -0.15) is 5.10 Å². The molecule has 2 rings (SSSR count). The first kappa shape index (κ1) is 21.2. The van der Waals surface area contributed by atoms with E-state index in [4.69, 9.17) is 14.2 Å². The van der Waals surface area contributed by atoms with Crippen molar-refractivity contribution in [2.75, 3.05) is 20.8 Å². The molecular weight excluding hydrogens is 434 g/mol. The van der Waals surface area contributed by atoms with Gasteiger partial charge in [0.05, 0.1) is 24.9 Å². The second kappa shape index (κ2) is 9.70. The van der Waals surface area contributed by atoms with Gasteiger partial charge in [0.25, 0.3) is 5.91 Å². The van der Waals surface area contributed by atoms with Crippen molar-refractivity contribution in [2.45, 2.75) is 6.92 Å². The number of benzene rings is 2. The Bertz CT molecular complexity index is 916. The maximum atomic E-state index is 12.0. The smallest absolute Gasteiger partial charge is 0.312 e. The van der Waals surface area contributed by atoms with Crippen LogP contribution < -0.4 is 19.6 Å². The molecule has 0 unspecified atom stereocenters. The molecule has 28 heavy (non-hydrogen) atoms. The lowest BCUT2D eigenvalue weighted by molar-refractivity contribution is -0.385. The molecule has 0 heterocycles. The zero-order valence-electron chi connectivity index (χ0n) is 15.4. The molecular formula is C18H18BrN3O6. The van der Waals surface area contributed by atoms with Crippen LogP contribution in [0.5, 0.6) is 17.2 Å². The Morgan fingerprint density at radius 1 is 1.18 bits per heavy atom. The SMILES string of the molecule is COc1ccc(C(C)=NNC(=O)COc2ccc(Br)cc2[N+](=O)[O-])c(OC)c1. The summed E-state index contributed by atoms with van der Waals surface area (Å²) in [5.41, 5.74) is 3.28. The number of nitrogens with zero attached hydrogens (tertiary/aromatic N) is 2. The summed E-state index contributed by atoms with van der Waals surface area (Å²) in [5, 5.41) is 15.1. The van der Waals surface area contributed by atoms with Gasteiger partial charge in [-0.25, -0.2) is 5.43 Å². The van der Waals surface area contributed by atoms with E-state index in [1.54, 1.807) is 38.3 Å². The molecule has 1 N–H and O–H groups in total. The van der Waals surface area contributed by atoms with Gasteiger partial charge in [0.15, 0.2) is 12.4 Å². The summed E-state index contributed by atoms with van der Waals surface area (Å²) < 4.78 is 16.2. The van der Waals surface area contributed by atoms with E-state index in [0.29, 0.717) is 27.2 Å². The quantitative estimate of drug-likeness (QED) is 0.374. The van der Waals surface area contributed by atoms with Crippen LogP contribution in [0.15, 0.2) is 46.0 Å². The average Bonchev–Trinajstić information content (AvgIpc) is 2.70. The summed E-state index contributed by atoms with van der Waals surface area (Å²) in [4.78, 5) is 22.5. The summed E-state index contributed by atoms with van der Waals surface area (Å²) in [6.45, 7) is 1.27. The summed E-state index contributed by atoms with van der Waals surface area (Å²) in [6, 6.07) is 9.49. The maximum Gasteiger partial charge on any atom is 0.312 e. The van der Waals surface area contributed by atoms with Crippen molar-refractivity contribution in [3.05, 3.63) is 56.5 Å². The predicted octanol–water partition coefficient (Wildman–Crippen LogP) is 3.29. The highest BCUT2D eigenvalue weighted by Crippen LogP contribution is 2.30. The van der Waals surface area contributed by atoms with E-state index in [1.165, 1.54) is 19.2 Å². The lowest BCUT2D eigenvalue weighted by Crippen LogP contribution is -2.25. The molecule has 0 aliphatic heterocycles. The molecule has 2 aromatic carbocycles. The Kier molecular flexibility index (Phi) is 7.33. The minimum absolute atomic E-state index is 0.0131. The van der Waals surface area contributed by atoms with Crippen LogP contribution >= 0.6 is 15.9 Å². The summed E-state index contributed by atoms with van der Waals surface area (Å²) in [7, 11) is 3.06. The largest absolute Gasteiger partial charge is 0.497 e. The van der Waals surface area contributed by atoms with Crippen LogP contribution in [0.4, 0.5) is 5.69 Å². The topological polar surface area (TPSA) is 112 Å². The van der Waals surface area contributed by atoms with Crippen LogP contribution in [0.1, 0.15) is 12.5 Å². The van der Waals surface area contributed by atoms with Gasteiger partial charge in [-0.1, -0.05) is 15.9 Å². The number of carbonyl (C=O) groups excluding carboxylic acids is 1. The highest BCUT2D eigenvalue weighted by Gasteiger charge is 2.16. The molecule has 10 heteroatoms. The fourth-order valence-electron chi connectivity index (χ4n) is 2.23. The van der Waals surface area contributed by atoms with Crippen molar-refractivity contribution in [3.63, 3.8) is 0 Å². The number of methoxy groups -OCH3 is 2. The van der Waals surface area contributed by atoms with Gasteiger partial charge in [0, 0.05) is 22.2 Å². The number of amides is 1. The molecule has 0 bridgehead atoms. The van der Waals surface area contributed by atoms with Crippen molar-refractivity contribution in [2.24, 2.45) is 5.10 Å². The molecule has 0 aromatic heterocycles. The number of hydrogen-bond donors (Lipinski definition) is 1. The molecule has 2 aromatic rings. The summed E-state index contributed by atoms with van der Waals surface area (Å²) >= 11 is 3.15. The number of halogens is 1. The number of ether oxygens (including phenoxy) is 3. The lowest BCUT2D eigenvalue weighted by Gasteiger charge is -2.10. The van der Waals surface area contributed by atoms with E-state index in [9.17, 15) is 14.9 Å². The molecule has 0 fully saturated rings. The molecule has 0 radical (unpaired) electrons. The fraction of sp³-hybridized carbons (Fsp3) is 0.222. The van der Waals surface area contributed by atoms with E-state index in [0.717, 1.165) is 0 Å². The third kappa shape index (κ3) is 5.43.